The van der Waals surface area contributed by atoms with E-state index in [4.69, 9.17) is 0 Å². The molecule has 1 unspecified atom stereocenters. The van der Waals surface area contributed by atoms with Crippen LogP contribution in [0.15, 0.2) is 48.0 Å². The smallest absolute Gasteiger partial charge is 0.223 e. The Bertz CT molecular complexity index is 1100. The molecule has 2 aromatic heterocycles. The number of nitrogens with one attached hydrogen (secondary N) is 1. The Morgan fingerprint density at radius 2 is 2.03 bits per heavy atom. The Morgan fingerprint density at radius 1 is 1.20 bits per heavy atom. The van der Waals surface area contributed by atoms with Gasteiger partial charge in [0.05, 0.1) is 28.0 Å². The third-order valence-electron chi connectivity index (χ3n) is 5.07. The van der Waals surface area contributed by atoms with E-state index in [1.165, 1.54) is 11.8 Å². The number of nitrogens with zero attached hydrogens (tertiary/aromatic N) is 2. The van der Waals surface area contributed by atoms with E-state index in [1.807, 2.05) is 37.3 Å². The molecule has 3 heterocycles. The van der Waals surface area contributed by atoms with Gasteiger partial charge in [0.1, 0.15) is 0 Å². The molecule has 7 heteroatoms. The maximum Gasteiger partial charge on any atom is 0.223 e. The summed E-state index contributed by atoms with van der Waals surface area (Å²) in [4.78, 5) is 33.2. The molecule has 1 atom stereocenters. The zero-order chi connectivity index (χ0) is 21.1. The Hall–Kier alpha value is -2.77. The van der Waals surface area contributed by atoms with Gasteiger partial charge in [0, 0.05) is 29.9 Å². The van der Waals surface area contributed by atoms with Gasteiger partial charge < -0.3 is 10.2 Å². The van der Waals surface area contributed by atoms with E-state index in [1.54, 1.807) is 33.8 Å². The van der Waals surface area contributed by atoms with Gasteiger partial charge in [0.25, 0.3) is 0 Å². The summed E-state index contributed by atoms with van der Waals surface area (Å²) in [5.41, 5.74) is 3.08. The summed E-state index contributed by atoms with van der Waals surface area (Å²) >= 11 is 3.36. The van der Waals surface area contributed by atoms with Gasteiger partial charge in [-0.15, -0.1) is 22.7 Å². The van der Waals surface area contributed by atoms with Gasteiger partial charge in [-0.25, -0.2) is 4.98 Å². The predicted molar refractivity (Wildman–Crippen MR) is 122 cm³/mol. The van der Waals surface area contributed by atoms with Crippen molar-refractivity contribution in [3.05, 3.63) is 69.0 Å². The third kappa shape index (κ3) is 4.52. The minimum atomic E-state index is -0.273. The highest BCUT2D eigenvalue weighted by atomic mass is 32.1. The van der Waals surface area contributed by atoms with Crippen LogP contribution >= 0.6 is 22.7 Å². The molecule has 0 saturated carbocycles. The van der Waals surface area contributed by atoms with Crippen LogP contribution in [0.3, 0.4) is 0 Å². The van der Waals surface area contributed by atoms with Gasteiger partial charge in [-0.05, 0) is 42.7 Å². The van der Waals surface area contributed by atoms with Crippen LogP contribution in [0.5, 0.6) is 0 Å². The van der Waals surface area contributed by atoms with Crippen molar-refractivity contribution < 1.29 is 9.59 Å². The number of aromatic nitrogens is 1. The molecule has 0 saturated heterocycles. The van der Waals surface area contributed by atoms with Crippen LogP contribution in [0.1, 0.15) is 40.4 Å². The third-order valence-corrected chi connectivity index (χ3v) is 7.02. The standard InChI is InChI=1S/C23H23N3O2S2/c1-15-25-20(14-29-15)22-8-7-18(30-22)9-11-24-23(28)13-21-19-6-4-3-5-17(19)10-12-26(21)16(2)27/h3-8,10,12,14,21H,9,11,13H2,1-2H3,(H,24,28). The van der Waals surface area contributed by atoms with E-state index in [0.717, 1.165) is 33.1 Å². The highest BCUT2D eigenvalue weighted by Gasteiger charge is 2.28. The minimum Gasteiger partial charge on any atom is -0.356 e. The number of aryl methyl sites for hydroxylation is 1. The second-order valence-electron chi connectivity index (χ2n) is 7.21. The molecule has 0 aliphatic carbocycles. The SMILES string of the molecule is CC(=O)N1C=Cc2ccccc2C1CC(=O)NCCc1ccc(-c2csc(C)n2)s1. The number of carbonyl (C=O) groups is 2. The summed E-state index contributed by atoms with van der Waals surface area (Å²) in [6.45, 7) is 4.10. The summed E-state index contributed by atoms with van der Waals surface area (Å²) in [7, 11) is 0. The van der Waals surface area contributed by atoms with E-state index in [9.17, 15) is 9.59 Å². The van der Waals surface area contributed by atoms with E-state index in [-0.39, 0.29) is 24.3 Å². The highest BCUT2D eigenvalue weighted by molar-refractivity contribution is 7.16. The molecule has 0 fully saturated rings. The maximum atomic E-state index is 12.6. The fraction of sp³-hybridized carbons (Fsp3) is 0.261. The van der Waals surface area contributed by atoms with Gasteiger partial charge in [0.15, 0.2) is 0 Å². The lowest BCUT2D eigenvalue weighted by atomic mass is 9.93. The summed E-state index contributed by atoms with van der Waals surface area (Å²) in [5.74, 6) is -0.120. The average Bonchev–Trinajstić information content (AvgIpc) is 3.37. The molecule has 3 aromatic rings. The van der Waals surface area contributed by atoms with Crippen molar-refractivity contribution in [1.82, 2.24) is 15.2 Å². The van der Waals surface area contributed by atoms with Crippen molar-refractivity contribution in [3.63, 3.8) is 0 Å². The lowest BCUT2D eigenvalue weighted by Gasteiger charge is -2.32. The number of fused-ring (bicyclic) bond motifs is 1. The summed E-state index contributed by atoms with van der Waals surface area (Å²) in [5, 5.41) is 6.15. The molecule has 1 aromatic carbocycles. The molecule has 2 amide bonds. The second-order valence-corrected chi connectivity index (χ2v) is 9.44. The van der Waals surface area contributed by atoms with E-state index in [0.29, 0.717) is 6.54 Å². The molecule has 0 radical (unpaired) electrons. The number of carbonyl (C=O) groups excluding carboxylic acids is 2. The number of hydrogen-bond acceptors (Lipinski definition) is 5. The predicted octanol–water partition coefficient (Wildman–Crippen LogP) is 4.80. The van der Waals surface area contributed by atoms with Crippen molar-refractivity contribution >= 4 is 40.6 Å². The number of hydrogen-bond donors (Lipinski definition) is 1. The summed E-state index contributed by atoms with van der Waals surface area (Å²) in [6, 6.07) is 11.8. The molecule has 1 aliphatic rings. The largest absolute Gasteiger partial charge is 0.356 e. The van der Waals surface area contributed by atoms with Crippen LogP contribution in [-0.2, 0) is 16.0 Å². The van der Waals surface area contributed by atoms with E-state index < -0.39 is 0 Å². The van der Waals surface area contributed by atoms with Crippen LogP contribution in [0, 0.1) is 6.92 Å². The molecule has 30 heavy (non-hydrogen) atoms. The molecule has 0 spiro atoms. The molecule has 1 aliphatic heterocycles. The first-order valence-corrected chi connectivity index (χ1v) is 11.5. The van der Waals surface area contributed by atoms with Crippen molar-refractivity contribution in [2.75, 3.05) is 6.54 Å². The first kappa shape index (κ1) is 20.5. The zero-order valence-corrected chi connectivity index (χ0v) is 18.6. The highest BCUT2D eigenvalue weighted by Crippen LogP contribution is 2.33. The maximum absolute atomic E-state index is 12.6. The van der Waals surface area contributed by atoms with Gasteiger partial charge in [-0.1, -0.05) is 24.3 Å². The van der Waals surface area contributed by atoms with Crippen LogP contribution in [0.2, 0.25) is 0 Å². The quantitative estimate of drug-likeness (QED) is 0.602. The summed E-state index contributed by atoms with van der Waals surface area (Å²) < 4.78 is 0. The van der Waals surface area contributed by atoms with Crippen LogP contribution in [0.4, 0.5) is 0 Å². The molecule has 154 valence electrons. The van der Waals surface area contributed by atoms with Gasteiger partial charge in [-0.3, -0.25) is 9.59 Å². The molecule has 1 N–H and O–H groups in total. The van der Waals surface area contributed by atoms with Crippen LogP contribution in [0.25, 0.3) is 16.6 Å². The Kier molecular flexibility index (Phi) is 6.11. The van der Waals surface area contributed by atoms with E-state index >= 15 is 0 Å². The molecular formula is C23H23N3O2S2. The topological polar surface area (TPSA) is 62.3 Å². The van der Waals surface area contributed by atoms with Gasteiger partial charge in [-0.2, -0.15) is 0 Å². The number of benzene rings is 1. The van der Waals surface area contributed by atoms with Crippen molar-refractivity contribution in [2.24, 2.45) is 0 Å². The van der Waals surface area contributed by atoms with Crippen molar-refractivity contribution in [3.8, 4) is 10.6 Å². The van der Waals surface area contributed by atoms with Crippen molar-refractivity contribution in [1.29, 1.82) is 0 Å². The fourth-order valence-corrected chi connectivity index (χ4v) is 5.27. The number of rotatable bonds is 6. The lowest BCUT2D eigenvalue weighted by Crippen LogP contribution is -2.35. The fourth-order valence-electron chi connectivity index (χ4n) is 3.61. The summed E-state index contributed by atoms with van der Waals surface area (Å²) in [6.07, 6.45) is 4.71. The molecule has 4 rings (SSSR count). The lowest BCUT2D eigenvalue weighted by molar-refractivity contribution is -0.129. The van der Waals surface area contributed by atoms with Crippen molar-refractivity contribution in [2.45, 2.75) is 32.7 Å². The average molecular weight is 438 g/mol. The van der Waals surface area contributed by atoms with Crippen LogP contribution < -0.4 is 5.32 Å². The zero-order valence-electron chi connectivity index (χ0n) is 16.9. The number of thiazole rings is 1. The number of thiophene rings is 1. The number of amides is 2. The molecular weight excluding hydrogens is 414 g/mol. The molecule has 0 bridgehead atoms. The van der Waals surface area contributed by atoms with Gasteiger partial charge in [0.2, 0.25) is 11.8 Å². The Morgan fingerprint density at radius 3 is 2.80 bits per heavy atom. The first-order valence-electron chi connectivity index (χ1n) is 9.85. The normalized spacial score (nSPS) is 15.1. The van der Waals surface area contributed by atoms with E-state index in [2.05, 4.69) is 27.8 Å². The van der Waals surface area contributed by atoms with Gasteiger partial charge >= 0.3 is 0 Å². The Balaban J connectivity index is 1.35. The Labute approximate surface area is 184 Å². The second kappa shape index (κ2) is 8.93. The molecule has 5 nitrogen and oxygen atoms in total. The monoisotopic (exact) mass is 437 g/mol. The first-order chi connectivity index (χ1) is 14.5. The van der Waals surface area contributed by atoms with Crippen LogP contribution in [-0.4, -0.2) is 28.2 Å². The minimum absolute atomic E-state index is 0.0525.